The highest BCUT2D eigenvalue weighted by molar-refractivity contribution is 5.80. The van der Waals surface area contributed by atoms with Crippen LogP contribution in [0.15, 0.2) is 54.6 Å². The maximum atomic E-state index is 13.2. The van der Waals surface area contributed by atoms with E-state index in [-0.39, 0.29) is 18.5 Å². The minimum atomic E-state index is -0.680. The highest BCUT2D eigenvalue weighted by Gasteiger charge is 2.30. The first-order valence-electron chi connectivity index (χ1n) is 12.9. The summed E-state index contributed by atoms with van der Waals surface area (Å²) < 4.78 is 13.5. The average Bonchev–Trinajstić information content (AvgIpc) is 3.20. The number of ether oxygens (including phenoxy) is 2. The maximum absolute atomic E-state index is 13.2. The molecule has 0 saturated heterocycles. The van der Waals surface area contributed by atoms with E-state index in [1.807, 2.05) is 76.2 Å². The van der Waals surface area contributed by atoms with Crippen LogP contribution in [0.1, 0.15) is 65.3 Å². The smallest absolute Gasteiger partial charge is 0.323 e. The minimum absolute atomic E-state index is 0.176. The number of nitrogens with one attached hydrogen (secondary N) is 1. The third-order valence-electron chi connectivity index (χ3n) is 5.85. The lowest BCUT2D eigenvalue weighted by atomic mass is 10.1. The van der Waals surface area contributed by atoms with Crippen LogP contribution >= 0.6 is 0 Å². The maximum Gasteiger partial charge on any atom is 0.323 e. The summed E-state index contributed by atoms with van der Waals surface area (Å²) in [6.45, 7) is 10.6. The second-order valence-electron chi connectivity index (χ2n) is 10.0. The number of hydrogen-bond acceptors (Lipinski definition) is 6. The Kier molecular flexibility index (Phi) is 9.65. The lowest BCUT2D eigenvalue weighted by Gasteiger charge is -2.27. The number of carbonyl (C=O) groups excluding carboxylic acids is 2. The molecule has 0 spiro atoms. The number of fused-ring (bicyclic) bond motifs is 1. The molecule has 7 heteroatoms. The SMILES string of the molecule is CCCn1c(CC[C@H](NC(CC)C(=O)OC(C)(C)C)C(=O)OCc2ccccc2)nc2ccccc21. The molecule has 2 atom stereocenters. The van der Waals surface area contributed by atoms with Crippen molar-refractivity contribution in [2.24, 2.45) is 0 Å². The quantitative estimate of drug-likeness (QED) is 0.349. The topological polar surface area (TPSA) is 82.5 Å². The van der Waals surface area contributed by atoms with Gasteiger partial charge in [0.1, 0.15) is 30.1 Å². The van der Waals surface area contributed by atoms with E-state index >= 15 is 0 Å². The van der Waals surface area contributed by atoms with E-state index in [1.54, 1.807) is 0 Å². The second-order valence-corrected chi connectivity index (χ2v) is 10.0. The van der Waals surface area contributed by atoms with Crippen LogP contribution in [0.4, 0.5) is 0 Å². The zero-order chi connectivity index (χ0) is 26.1. The van der Waals surface area contributed by atoms with E-state index in [4.69, 9.17) is 14.5 Å². The Hall–Kier alpha value is -3.19. The molecule has 0 aliphatic carbocycles. The Morgan fingerprint density at radius 2 is 1.67 bits per heavy atom. The zero-order valence-corrected chi connectivity index (χ0v) is 22.1. The van der Waals surface area contributed by atoms with Crippen molar-refractivity contribution in [3.05, 3.63) is 66.0 Å². The summed E-state index contributed by atoms with van der Waals surface area (Å²) in [6.07, 6.45) is 2.48. The Balaban J connectivity index is 1.79. The van der Waals surface area contributed by atoms with E-state index in [0.29, 0.717) is 19.3 Å². The average molecular weight is 494 g/mol. The van der Waals surface area contributed by atoms with Gasteiger partial charge in [0.05, 0.1) is 11.0 Å². The number of esters is 2. The number of aryl methyl sites for hydroxylation is 2. The molecule has 0 aliphatic heterocycles. The summed E-state index contributed by atoms with van der Waals surface area (Å²) >= 11 is 0. The first kappa shape index (κ1) is 27.4. The number of rotatable bonds is 12. The van der Waals surface area contributed by atoms with Crippen molar-refractivity contribution in [1.82, 2.24) is 14.9 Å². The lowest BCUT2D eigenvalue weighted by molar-refractivity contribution is -0.158. The molecule has 3 rings (SSSR count). The molecular weight excluding hydrogens is 454 g/mol. The molecule has 0 amide bonds. The van der Waals surface area contributed by atoms with Crippen molar-refractivity contribution >= 4 is 23.0 Å². The van der Waals surface area contributed by atoms with Gasteiger partial charge in [-0.2, -0.15) is 0 Å². The monoisotopic (exact) mass is 493 g/mol. The van der Waals surface area contributed by atoms with Crippen molar-refractivity contribution in [1.29, 1.82) is 0 Å². The summed E-state index contributed by atoms with van der Waals surface area (Å²) in [7, 11) is 0. The van der Waals surface area contributed by atoms with E-state index in [9.17, 15) is 9.59 Å². The molecule has 1 heterocycles. The van der Waals surface area contributed by atoms with Gasteiger partial charge in [-0.3, -0.25) is 14.9 Å². The van der Waals surface area contributed by atoms with Crippen LogP contribution in [0.2, 0.25) is 0 Å². The van der Waals surface area contributed by atoms with Crippen LogP contribution in [-0.4, -0.2) is 39.2 Å². The molecule has 1 aromatic heterocycles. The number of benzene rings is 2. The Morgan fingerprint density at radius 1 is 0.972 bits per heavy atom. The molecule has 36 heavy (non-hydrogen) atoms. The number of aromatic nitrogens is 2. The third kappa shape index (κ3) is 7.65. The minimum Gasteiger partial charge on any atom is -0.460 e. The van der Waals surface area contributed by atoms with Crippen molar-refractivity contribution < 1.29 is 19.1 Å². The number of carbonyl (C=O) groups is 2. The highest BCUT2D eigenvalue weighted by Crippen LogP contribution is 2.19. The molecule has 3 aromatic rings. The largest absolute Gasteiger partial charge is 0.460 e. The number of hydrogen-bond donors (Lipinski definition) is 1. The highest BCUT2D eigenvalue weighted by atomic mass is 16.6. The molecule has 1 N–H and O–H groups in total. The van der Waals surface area contributed by atoms with Crippen molar-refractivity contribution in [3.63, 3.8) is 0 Å². The molecule has 0 bridgehead atoms. The van der Waals surface area contributed by atoms with Gasteiger partial charge in [-0.05, 0) is 57.7 Å². The van der Waals surface area contributed by atoms with Gasteiger partial charge >= 0.3 is 11.9 Å². The number of nitrogens with zero attached hydrogens (tertiary/aromatic N) is 2. The summed E-state index contributed by atoms with van der Waals surface area (Å²) in [4.78, 5) is 30.9. The molecular formula is C29H39N3O4. The van der Waals surface area contributed by atoms with Crippen LogP contribution in [0.25, 0.3) is 11.0 Å². The normalized spacial score (nSPS) is 13.4. The Bertz CT molecular complexity index is 1130. The second kappa shape index (κ2) is 12.7. The predicted molar refractivity (Wildman–Crippen MR) is 141 cm³/mol. The molecule has 7 nitrogen and oxygen atoms in total. The van der Waals surface area contributed by atoms with Crippen molar-refractivity contribution in [3.8, 4) is 0 Å². The van der Waals surface area contributed by atoms with E-state index in [2.05, 4.69) is 22.9 Å². The van der Waals surface area contributed by atoms with Crippen molar-refractivity contribution in [2.45, 2.75) is 91.1 Å². The van der Waals surface area contributed by atoms with Crippen LogP contribution in [0.5, 0.6) is 0 Å². The van der Waals surface area contributed by atoms with Crippen LogP contribution < -0.4 is 5.32 Å². The molecule has 0 aliphatic rings. The molecule has 1 unspecified atom stereocenters. The fraction of sp³-hybridized carbons (Fsp3) is 0.483. The van der Waals surface area contributed by atoms with E-state index < -0.39 is 17.7 Å². The van der Waals surface area contributed by atoms with Crippen molar-refractivity contribution in [2.75, 3.05) is 0 Å². The molecule has 2 aromatic carbocycles. The van der Waals surface area contributed by atoms with Crippen LogP contribution in [0, 0.1) is 0 Å². The third-order valence-corrected chi connectivity index (χ3v) is 5.85. The lowest BCUT2D eigenvalue weighted by Crippen LogP contribution is -2.49. The van der Waals surface area contributed by atoms with Crippen LogP contribution in [0.3, 0.4) is 0 Å². The predicted octanol–water partition coefficient (Wildman–Crippen LogP) is 5.20. The van der Waals surface area contributed by atoms with Gasteiger partial charge < -0.3 is 14.0 Å². The summed E-state index contributed by atoms with van der Waals surface area (Å²) in [5.74, 6) is 0.161. The Labute approximate surface area is 214 Å². The van der Waals surface area contributed by atoms with Crippen LogP contribution in [-0.2, 0) is 38.6 Å². The first-order valence-corrected chi connectivity index (χ1v) is 12.9. The van der Waals surface area contributed by atoms with E-state index in [0.717, 1.165) is 35.4 Å². The van der Waals surface area contributed by atoms with Gasteiger partial charge in [0, 0.05) is 13.0 Å². The van der Waals surface area contributed by atoms with Gasteiger partial charge in [0.15, 0.2) is 0 Å². The van der Waals surface area contributed by atoms with Gasteiger partial charge in [-0.25, -0.2) is 4.98 Å². The van der Waals surface area contributed by atoms with Gasteiger partial charge in [0.25, 0.3) is 0 Å². The Morgan fingerprint density at radius 3 is 2.33 bits per heavy atom. The molecule has 194 valence electrons. The fourth-order valence-electron chi connectivity index (χ4n) is 4.13. The number of imidazole rings is 1. The van der Waals surface area contributed by atoms with Gasteiger partial charge in [0.2, 0.25) is 0 Å². The summed E-state index contributed by atoms with van der Waals surface area (Å²) in [6, 6.07) is 16.3. The summed E-state index contributed by atoms with van der Waals surface area (Å²) in [5, 5.41) is 3.23. The molecule has 0 saturated carbocycles. The fourth-order valence-corrected chi connectivity index (χ4v) is 4.13. The zero-order valence-electron chi connectivity index (χ0n) is 22.1. The molecule has 0 fully saturated rings. The van der Waals surface area contributed by atoms with Gasteiger partial charge in [-0.15, -0.1) is 0 Å². The summed E-state index contributed by atoms with van der Waals surface area (Å²) in [5.41, 5.74) is 2.33. The standard InChI is InChI=1S/C29H39N3O4/c1-6-19-32-25-16-12-11-15-23(25)31-26(32)18-17-24(27(33)35-20-21-13-9-8-10-14-21)30-22(7-2)28(34)36-29(3,4)5/h8-16,22,24,30H,6-7,17-20H2,1-5H3/t22?,24-/m0/s1. The molecule has 0 radical (unpaired) electrons. The van der Waals surface area contributed by atoms with Gasteiger partial charge in [-0.1, -0.05) is 56.3 Å². The van der Waals surface area contributed by atoms with E-state index in [1.165, 1.54) is 0 Å². The number of para-hydroxylation sites is 2. The first-order chi connectivity index (χ1) is 17.2.